The normalized spacial score (nSPS) is 18.9. The lowest BCUT2D eigenvalue weighted by molar-refractivity contribution is -0.128. The second-order valence-electron chi connectivity index (χ2n) is 6.88. The van der Waals surface area contributed by atoms with E-state index in [0.717, 1.165) is 38.5 Å². The second-order valence-corrected chi connectivity index (χ2v) is 6.88. The third-order valence-corrected chi connectivity index (χ3v) is 4.79. The van der Waals surface area contributed by atoms with Crippen LogP contribution in [0.2, 0.25) is 0 Å². The Morgan fingerprint density at radius 1 is 0.692 bits per heavy atom. The van der Waals surface area contributed by atoms with Crippen LogP contribution < -0.4 is 10.6 Å². The molecule has 0 atom stereocenters. The summed E-state index contributed by atoms with van der Waals surface area (Å²) in [6, 6.07) is -0.646. The Bertz CT molecular complexity index is 477. The standard InChI is InChI=1S/C18H30N4O4/c23-15-9-3-1-7-13-21(15)17(25)19-11-5-6-12-20-18(26)22-14-8-2-4-10-16(22)24/h1-14H2,(H,19,25)(H,20,26). The number of amides is 6. The number of carbonyl (C=O) groups is 4. The number of nitrogens with zero attached hydrogens (tertiary/aromatic N) is 2. The highest BCUT2D eigenvalue weighted by Gasteiger charge is 2.23. The molecular formula is C18H30N4O4. The van der Waals surface area contributed by atoms with Gasteiger partial charge in [0.15, 0.2) is 0 Å². The first kappa shape index (κ1) is 20.2. The van der Waals surface area contributed by atoms with Crippen LogP contribution in [0.15, 0.2) is 0 Å². The molecule has 6 amide bonds. The summed E-state index contributed by atoms with van der Waals surface area (Å²) in [5.74, 6) is -0.205. The molecule has 0 unspecified atom stereocenters. The summed E-state index contributed by atoms with van der Waals surface area (Å²) in [6.07, 6.45) is 7.65. The Balaban J connectivity index is 1.58. The monoisotopic (exact) mass is 366 g/mol. The van der Waals surface area contributed by atoms with Crippen molar-refractivity contribution in [3.8, 4) is 0 Å². The van der Waals surface area contributed by atoms with E-state index in [-0.39, 0.29) is 23.9 Å². The first-order chi connectivity index (χ1) is 12.6. The molecule has 2 rings (SSSR count). The zero-order valence-electron chi connectivity index (χ0n) is 15.4. The Kier molecular flexibility index (Phi) is 8.37. The van der Waals surface area contributed by atoms with Crippen LogP contribution in [0.5, 0.6) is 0 Å². The van der Waals surface area contributed by atoms with E-state index in [4.69, 9.17) is 0 Å². The molecule has 146 valence electrons. The number of rotatable bonds is 5. The van der Waals surface area contributed by atoms with Crippen molar-refractivity contribution in [2.45, 2.75) is 64.2 Å². The van der Waals surface area contributed by atoms with Crippen molar-refractivity contribution in [2.24, 2.45) is 0 Å². The Labute approximate surface area is 154 Å². The highest BCUT2D eigenvalue weighted by Crippen LogP contribution is 2.12. The fraction of sp³-hybridized carbons (Fsp3) is 0.778. The van der Waals surface area contributed by atoms with Gasteiger partial charge in [-0.1, -0.05) is 12.8 Å². The van der Waals surface area contributed by atoms with E-state index in [1.807, 2.05) is 0 Å². The summed E-state index contributed by atoms with van der Waals surface area (Å²) < 4.78 is 0. The van der Waals surface area contributed by atoms with Crippen molar-refractivity contribution < 1.29 is 19.2 Å². The largest absolute Gasteiger partial charge is 0.338 e. The third-order valence-electron chi connectivity index (χ3n) is 4.79. The zero-order chi connectivity index (χ0) is 18.8. The summed E-state index contributed by atoms with van der Waals surface area (Å²) in [7, 11) is 0. The van der Waals surface area contributed by atoms with Crippen molar-refractivity contribution >= 4 is 23.9 Å². The number of hydrogen-bond donors (Lipinski definition) is 2. The number of hydrogen-bond acceptors (Lipinski definition) is 4. The Hall–Kier alpha value is -2.12. The summed E-state index contributed by atoms with van der Waals surface area (Å²) in [4.78, 5) is 50.4. The van der Waals surface area contributed by atoms with Crippen molar-refractivity contribution in [3.05, 3.63) is 0 Å². The average Bonchev–Trinajstić information content (AvgIpc) is 2.97. The second kappa shape index (κ2) is 10.8. The quantitative estimate of drug-likeness (QED) is 0.727. The van der Waals surface area contributed by atoms with Gasteiger partial charge in [0.25, 0.3) is 0 Å². The minimum absolute atomic E-state index is 0.102. The Morgan fingerprint density at radius 3 is 1.54 bits per heavy atom. The first-order valence-electron chi connectivity index (χ1n) is 9.76. The van der Waals surface area contributed by atoms with Crippen LogP contribution in [-0.2, 0) is 9.59 Å². The molecule has 2 aliphatic rings. The van der Waals surface area contributed by atoms with Crippen LogP contribution in [-0.4, -0.2) is 59.9 Å². The van der Waals surface area contributed by atoms with Crippen molar-refractivity contribution in [1.82, 2.24) is 20.4 Å². The van der Waals surface area contributed by atoms with Crippen LogP contribution in [0, 0.1) is 0 Å². The maximum absolute atomic E-state index is 12.1. The van der Waals surface area contributed by atoms with Gasteiger partial charge in [0, 0.05) is 39.0 Å². The fourth-order valence-corrected chi connectivity index (χ4v) is 3.23. The molecule has 0 aliphatic carbocycles. The number of nitrogens with one attached hydrogen (secondary N) is 2. The molecule has 0 spiro atoms. The van der Waals surface area contributed by atoms with Gasteiger partial charge in [-0.2, -0.15) is 0 Å². The van der Waals surface area contributed by atoms with Gasteiger partial charge in [0.1, 0.15) is 0 Å². The number of urea groups is 2. The van der Waals surface area contributed by atoms with E-state index < -0.39 is 0 Å². The van der Waals surface area contributed by atoms with E-state index >= 15 is 0 Å². The van der Waals surface area contributed by atoms with Crippen molar-refractivity contribution in [2.75, 3.05) is 26.2 Å². The van der Waals surface area contributed by atoms with Gasteiger partial charge in [-0.05, 0) is 38.5 Å². The molecule has 2 N–H and O–H groups in total. The molecule has 0 aromatic carbocycles. The number of imide groups is 2. The molecule has 26 heavy (non-hydrogen) atoms. The highest BCUT2D eigenvalue weighted by atomic mass is 16.2. The predicted molar refractivity (Wildman–Crippen MR) is 96.4 cm³/mol. The van der Waals surface area contributed by atoms with Crippen LogP contribution in [0.3, 0.4) is 0 Å². The molecule has 2 aliphatic heterocycles. The maximum Gasteiger partial charge on any atom is 0.324 e. The van der Waals surface area contributed by atoms with Crippen molar-refractivity contribution in [1.29, 1.82) is 0 Å². The minimum atomic E-state index is -0.323. The molecule has 0 aromatic heterocycles. The maximum atomic E-state index is 12.1. The summed E-state index contributed by atoms with van der Waals surface area (Å²) >= 11 is 0. The van der Waals surface area contributed by atoms with Gasteiger partial charge in [-0.15, -0.1) is 0 Å². The average molecular weight is 366 g/mol. The lowest BCUT2D eigenvalue weighted by Crippen LogP contribution is -2.44. The molecule has 0 aromatic rings. The van der Waals surface area contributed by atoms with E-state index in [2.05, 4.69) is 10.6 Å². The molecule has 8 heteroatoms. The number of unbranched alkanes of at least 4 members (excludes halogenated alkanes) is 1. The van der Waals surface area contributed by atoms with E-state index in [1.54, 1.807) is 0 Å². The minimum Gasteiger partial charge on any atom is -0.338 e. The SMILES string of the molecule is O=C1CCCCCN1C(=O)NCCCCNC(=O)N1CCCCCC1=O. The van der Waals surface area contributed by atoms with Gasteiger partial charge in [0.05, 0.1) is 0 Å². The molecule has 2 fully saturated rings. The predicted octanol–water partition coefficient (Wildman–Crippen LogP) is 1.99. The van der Waals surface area contributed by atoms with Gasteiger partial charge in [0.2, 0.25) is 11.8 Å². The van der Waals surface area contributed by atoms with Crippen LogP contribution in [0.1, 0.15) is 64.2 Å². The topological polar surface area (TPSA) is 98.8 Å². The molecule has 0 saturated carbocycles. The molecule has 2 heterocycles. The van der Waals surface area contributed by atoms with Crippen LogP contribution in [0.4, 0.5) is 9.59 Å². The van der Waals surface area contributed by atoms with E-state index in [0.29, 0.717) is 51.9 Å². The number of likely N-dealkylation sites (tertiary alicyclic amines) is 2. The van der Waals surface area contributed by atoms with E-state index in [9.17, 15) is 19.2 Å². The van der Waals surface area contributed by atoms with E-state index in [1.165, 1.54) is 9.80 Å². The molecule has 8 nitrogen and oxygen atoms in total. The Morgan fingerprint density at radius 2 is 1.12 bits per heavy atom. The van der Waals surface area contributed by atoms with Gasteiger partial charge in [-0.25, -0.2) is 9.59 Å². The van der Waals surface area contributed by atoms with Crippen LogP contribution >= 0.6 is 0 Å². The lowest BCUT2D eigenvalue weighted by atomic mass is 10.2. The first-order valence-corrected chi connectivity index (χ1v) is 9.76. The third kappa shape index (κ3) is 6.31. The fourth-order valence-electron chi connectivity index (χ4n) is 3.23. The molecule has 0 radical (unpaired) electrons. The summed E-state index contributed by atoms with van der Waals surface area (Å²) in [5, 5.41) is 5.53. The van der Waals surface area contributed by atoms with Gasteiger partial charge in [-0.3, -0.25) is 19.4 Å². The lowest BCUT2D eigenvalue weighted by Gasteiger charge is -2.20. The molecule has 0 bridgehead atoms. The smallest absolute Gasteiger partial charge is 0.324 e. The molecular weight excluding hydrogens is 336 g/mol. The van der Waals surface area contributed by atoms with Crippen LogP contribution in [0.25, 0.3) is 0 Å². The molecule has 2 saturated heterocycles. The highest BCUT2D eigenvalue weighted by molar-refractivity contribution is 5.95. The van der Waals surface area contributed by atoms with Crippen molar-refractivity contribution in [3.63, 3.8) is 0 Å². The zero-order valence-corrected chi connectivity index (χ0v) is 15.4. The van der Waals surface area contributed by atoms with Gasteiger partial charge >= 0.3 is 12.1 Å². The van der Waals surface area contributed by atoms with Gasteiger partial charge < -0.3 is 10.6 Å². The summed E-state index contributed by atoms with van der Waals surface area (Å²) in [5.41, 5.74) is 0. The summed E-state index contributed by atoms with van der Waals surface area (Å²) in [6.45, 7) is 1.90. The number of carbonyl (C=O) groups excluding carboxylic acids is 4.